The fourth-order valence-corrected chi connectivity index (χ4v) is 6.36. The number of anilines is 1. The molecule has 0 bridgehead atoms. The average Bonchev–Trinajstić information content (AvgIpc) is 3.53. The van der Waals surface area contributed by atoms with Crippen LogP contribution in [0, 0.1) is 11.6 Å². The summed E-state index contributed by atoms with van der Waals surface area (Å²) in [5.74, 6) is -1.23. The van der Waals surface area contributed by atoms with Crippen molar-refractivity contribution < 1.29 is 23.1 Å². The molecule has 3 heterocycles. The first-order valence-electron chi connectivity index (χ1n) is 9.89. The third kappa shape index (κ3) is 3.10. The Hall–Kier alpha value is -2.91. The standard InChI is InChI=1S/C23H18F2N2O3S2/c1-30-15-5-7-19-16(12-15)23(27(8-10-32-23)21(28)20-3-2-9-31-20)22(29)26(19)13-14-4-6-17(24)18(25)11-14/h2-7,9,11-12H,8,10,13H2,1H3/t23-/m1/s1. The van der Waals surface area contributed by atoms with E-state index in [0.717, 1.165) is 12.1 Å². The quantitative estimate of drug-likeness (QED) is 0.556. The Kier molecular flexibility index (Phi) is 5.17. The third-order valence-corrected chi connectivity index (χ3v) is 7.98. The molecule has 0 aliphatic carbocycles. The van der Waals surface area contributed by atoms with Gasteiger partial charge in [-0.05, 0) is 47.3 Å². The lowest BCUT2D eigenvalue weighted by Gasteiger charge is -2.33. The Morgan fingerprint density at radius 3 is 2.72 bits per heavy atom. The number of amides is 2. The van der Waals surface area contributed by atoms with Crippen LogP contribution in [0.5, 0.6) is 5.75 Å². The highest BCUT2D eigenvalue weighted by molar-refractivity contribution is 8.01. The molecule has 2 aliphatic rings. The predicted molar refractivity (Wildman–Crippen MR) is 120 cm³/mol. The zero-order valence-electron chi connectivity index (χ0n) is 17.0. The Bertz CT molecular complexity index is 1220. The number of nitrogens with zero attached hydrogens (tertiary/aromatic N) is 2. The van der Waals surface area contributed by atoms with Crippen LogP contribution in [0.15, 0.2) is 53.9 Å². The van der Waals surface area contributed by atoms with Gasteiger partial charge >= 0.3 is 0 Å². The molecule has 0 radical (unpaired) electrons. The molecule has 9 heteroatoms. The van der Waals surface area contributed by atoms with Gasteiger partial charge in [0.15, 0.2) is 16.5 Å². The van der Waals surface area contributed by atoms with E-state index in [-0.39, 0.29) is 18.4 Å². The summed E-state index contributed by atoms with van der Waals surface area (Å²) in [5, 5.41) is 1.83. The van der Waals surface area contributed by atoms with Gasteiger partial charge in [-0.15, -0.1) is 23.1 Å². The Labute approximate surface area is 191 Å². The van der Waals surface area contributed by atoms with Crippen LogP contribution in [0.2, 0.25) is 0 Å². The number of thioether (sulfide) groups is 1. The van der Waals surface area contributed by atoms with Crippen LogP contribution in [0.4, 0.5) is 14.5 Å². The van der Waals surface area contributed by atoms with Gasteiger partial charge in [0.2, 0.25) is 0 Å². The number of methoxy groups -OCH3 is 1. The molecule has 2 amide bonds. The molecule has 32 heavy (non-hydrogen) atoms. The Balaban J connectivity index is 1.61. The van der Waals surface area contributed by atoms with E-state index in [2.05, 4.69) is 0 Å². The highest BCUT2D eigenvalue weighted by Crippen LogP contribution is 2.55. The first-order valence-corrected chi connectivity index (χ1v) is 11.8. The lowest BCUT2D eigenvalue weighted by Crippen LogP contribution is -2.50. The molecule has 1 saturated heterocycles. The summed E-state index contributed by atoms with van der Waals surface area (Å²) in [7, 11) is 1.54. The molecule has 1 atom stereocenters. The van der Waals surface area contributed by atoms with Crippen molar-refractivity contribution in [2.24, 2.45) is 0 Å². The van der Waals surface area contributed by atoms with E-state index in [1.54, 1.807) is 42.3 Å². The number of hydrogen-bond acceptors (Lipinski definition) is 5. The zero-order valence-corrected chi connectivity index (χ0v) is 18.6. The largest absolute Gasteiger partial charge is 0.497 e. The maximum absolute atomic E-state index is 13.9. The summed E-state index contributed by atoms with van der Waals surface area (Å²) in [6, 6.07) is 12.4. The van der Waals surface area contributed by atoms with E-state index in [1.165, 1.54) is 34.1 Å². The topological polar surface area (TPSA) is 49.9 Å². The van der Waals surface area contributed by atoms with E-state index >= 15 is 0 Å². The number of rotatable bonds is 4. The van der Waals surface area contributed by atoms with Crippen molar-refractivity contribution in [3.8, 4) is 5.75 Å². The monoisotopic (exact) mass is 472 g/mol. The lowest BCUT2D eigenvalue weighted by atomic mass is 10.0. The number of thiophene rings is 1. The predicted octanol–water partition coefficient (Wildman–Crippen LogP) is 4.62. The van der Waals surface area contributed by atoms with Gasteiger partial charge < -0.3 is 14.5 Å². The summed E-state index contributed by atoms with van der Waals surface area (Å²) in [5.41, 5.74) is 1.74. The number of ether oxygens (including phenoxy) is 1. The van der Waals surface area contributed by atoms with Crippen LogP contribution >= 0.6 is 23.1 Å². The SMILES string of the molecule is COc1ccc2c(c1)[C@@]1(SCCN1C(=O)c1cccs1)C(=O)N2Cc1ccc(F)c(F)c1. The van der Waals surface area contributed by atoms with Gasteiger partial charge in [0.05, 0.1) is 24.2 Å². The fraction of sp³-hybridized carbons (Fsp3) is 0.217. The first kappa shape index (κ1) is 21.0. The van der Waals surface area contributed by atoms with Crippen LogP contribution in [-0.2, 0) is 16.2 Å². The summed E-state index contributed by atoms with van der Waals surface area (Å²) in [4.78, 5) is 29.8. The van der Waals surface area contributed by atoms with Gasteiger partial charge in [-0.1, -0.05) is 12.1 Å². The van der Waals surface area contributed by atoms with Crippen molar-refractivity contribution in [1.82, 2.24) is 4.90 Å². The molecule has 0 N–H and O–H groups in total. The maximum Gasteiger partial charge on any atom is 0.268 e. The van der Waals surface area contributed by atoms with Gasteiger partial charge in [-0.3, -0.25) is 9.59 Å². The maximum atomic E-state index is 13.9. The van der Waals surface area contributed by atoms with Gasteiger partial charge in [0.25, 0.3) is 11.8 Å². The molecule has 2 aromatic carbocycles. The number of hydrogen-bond donors (Lipinski definition) is 0. The first-order chi connectivity index (χ1) is 15.5. The van der Waals surface area contributed by atoms with Gasteiger partial charge in [0.1, 0.15) is 5.75 Å². The van der Waals surface area contributed by atoms with Crippen LogP contribution in [-0.4, -0.2) is 36.1 Å². The minimum absolute atomic E-state index is 0.0543. The molecule has 0 saturated carbocycles. The highest BCUT2D eigenvalue weighted by Gasteiger charge is 2.59. The Morgan fingerprint density at radius 1 is 1.16 bits per heavy atom. The van der Waals surface area contributed by atoms with Crippen molar-refractivity contribution >= 4 is 40.6 Å². The van der Waals surface area contributed by atoms with Crippen LogP contribution in [0.25, 0.3) is 0 Å². The lowest BCUT2D eigenvalue weighted by molar-refractivity contribution is -0.123. The molecular formula is C23H18F2N2O3S2. The molecule has 3 aromatic rings. The van der Waals surface area contributed by atoms with Crippen molar-refractivity contribution in [3.63, 3.8) is 0 Å². The molecule has 5 nitrogen and oxygen atoms in total. The van der Waals surface area contributed by atoms with Crippen LogP contribution in [0.3, 0.4) is 0 Å². The molecule has 1 fully saturated rings. The molecule has 1 spiro atoms. The number of fused-ring (bicyclic) bond motifs is 2. The van der Waals surface area contributed by atoms with Crippen LogP contribution < -0.4 is 9.64 Å². The summed E-state index contributed by atoms with van der Waals surface area (Å²) in [6.07, 6.45) is 0. The molecule has 1 aromatic heterocycles. The van der Waals surface area contributed by atoms with Gasteiger partial charge in [-0.2, -0.15) is 0 Å². The average molecular weight is 473 g/mol. The second-order valence-corrected chi connectivity index (χ2v) is 9.68. The third-order valence-electron chi connectivity index (χ3n) is 5.70. The number of carbonyl (C=O) groups excluding carboxylic acids is 2. The van der Waals surface area contributed by atoms with E-state index in [0.29, 0.717) is 39.7 Å². The molecular weight excluding hydrogens is 454 g/mol. The van der Waals surface area contributed by atoms with Crippen molar-refractivity contribution in [1.29, 1.82) is 0 Å². The molecule has 5 rings (SSSR count). The van der Waals surface area contributed by atoms with Gasteiger partial charge in [0, 0.05) is 17.9 Å². The van der Waals surface area contributed by atoms with Crippen LogP contribution in [0.1, 0.15) is 20.8 Å². The number of carbonyl (C=O) groups is 2. The fourth-order valence-electron chi connectivity index (χ4n) is 4.23. The summed E-state index contributed by atoms with van der Waals surface area (Å²) < 4.78 is 32.6. The second kappa shape index (κ2) is 7.90. The summed E-state index contributed by atoms with van der Waals surface area (Å²) in [6.45, 7) is 0.474. The van der Waals surface area contributed by atoms with Crippen molar-refractivity contribution in [2.75, 3.05) is 24.3 Å². The zero-order chi connectivity index (χ0) is 22.5. The Morgan fingerprint density at radius 2 is 2.00 bits per heavy atom. The second-order valence-electron chi connectivity index (χ2n) is 7.45. The van der Waals surface area contributed by atoms with Crippen molar-refractivity contribution in [2.45, 2.75) is 11.4 Å². The van der Waals surface area contributed by atoms with E-state index < -0.39 is 16.5 Å². The van der Waals surface area contributed by atoms with Gasteiger partial charge in [-0.25, -0.2) is 8.78 Å². The highest BCUT2D eigenvalue weighted by atomic mass is 32.2. The van der Waals surface area contributed by atoms with E-state index in [9.17, 15) is 18.4 Å². The smallest absolute Gasteiger partial charge is 0.268 e. The molecule has 2 aliphatic heterocycles. The van der Waals surface area contributed by atoms with Crippen molar-refractivity contribution in [3.05, 3.63) is 81.5 Å². The molecule has 0 unspecified atom stereocenters. The number of benzene rings is 2. The van der Waals surface area contributed by atoms with E-state index in [1.807, 2.05) is 5.38 Å². The molecule has 164 valence electrons. The minimum atomic E-state index is -1.23. The number of halogens is 2. The van der Waals surface area contributed by atoms with E-state index in [4.69, 9.17) is 4.74 Å². The normalized spacial score (nSPS) is 19.7. The minimum Gasteiger partial charge on any atom is -0.497 e. The summed E-state index contributed by atoms with van der Waals surface area (Å²) >= 11 is 2.73.